The molecule has 2 heterocycles. The molecule has 0 unspecified atom stereocenters. The predicted octanol–water partition coefficient (Wildman–Crippen LogP) is 3.59. The van der Waals surface area contributed by atoms with Gasteiger partial charge < -0.3 is 15.6 Å². The number of hydrogen-bond acceptors (Lipinski definition) is 5. The molecule has 0 aliphatic carbocycles. The van der Waals surface area contributed by atoms with Gasteiger partial charge in [-0.25, -0.2) is 4.98 Å². The molecule has 0 radical (unpaired) electrons. The van der Waals surface area contributed by atoms with E-state index in [2.05, 4.69) is 20.0 Å². The van der Waals surface area contributed by atoms with Crippen LogP contribution < -0.4 is 11.1 Å². The number of nitrogens with one attached hydrogen (secondary N) is 1. The summed E-state index contributed by atoms with van der Waals surface area (Å²) < 4.78 is 41.8. The zero-order chi connectivity index (χ0) is 18.0. The number of benzene rings is 1. The van der Waals surface area contributed by atoms with E-state index in [0.717, 1.165) is 6.07 Å². The van der Waals surface area contributed by atoms with Crippen LogP contribution >= 0.6 is 0 Å². The number of alkyl halides is 3. The smallest absolute Gasteiger partial charge is 0.384 e. The highest BCUT2D eigenvalue weighted by Gasteiger charge is 2.36. The molecule has 128 valence electrons. The molecule has 0 fully saturated rings. The van der Waals surface area contributed by atoms with E-state index >= 15 is 0 Å². The lowest BCUT2D eigenvalue weighted by Gasteiger charge is -2.06. The number of nitrogen functional groups attached to an aromatic ring is 1. The van der Waals surface area contributed by atoms with Gasteiger partial charge in [-0.3, -0.25) is 4.79 Å². The second-order valence-electron chi connectivity index (χ2n) is 5.08. The van der Waals surface area contributed by atoms with Crippen molar-refractivity contribution in [2.24, 2.45) is 0 Å². The first-order chi connectivity index (χ1) is 11.8. The van der Waals surface area contributed by atoms with Crippen LogP contribution in [0.2, 0.25) is 0 Å². The maximum absolute atomic E-state index is 12.5. The highest BCUT2D eigenvalue weighted by Crippen LogP contribution is 2.32. The summed E-state index contributed by atoms with van der Waals surface area (Å²) in [6.45, 7) is 0. The first-order valence-corrected chi connectivity index (χ1v) is 7.00. The van der Waals surface area contributed by atoms with Crippen molar-refractivity contribution in [3.8, 4) is 11.3 Å². The van der Waals surface area contributed by atoms with Crippen molar-refractivity contribution in [3.63, 3.8) is 0 Å². The Balaban J connectivity index is 1.74. The molecule has 0 saturated carbocycles. The van der Waals surface area contributed by atoms with E-state index in [9.17, 15) is 18.0 Å². The lowest BCUT2D eigenvalue weighted by Crippen LogP contribution is -2.12. The maximum atomic E-state index is 12.5. The zero-order valence-electron chi connectivity index (χ0n) is 12.5. The van der Waals surface area contributed by atoms with Crippen molar-refractivity contribution in [1.82, 2.24) is 10.1 Å². The second kappa shape index (κ2) is 6.27. The highest BCUT2D eigenvalue weighted by molar-refractivity contribution is 6.04. The molecule has 2 aromatic heterocycles. The number of aromatic nitrogens is 2. The van der Waals surface area contributed by atoms with Gasteiger partial charge in [0.25, 0.3) is 5.91 Å². The first-order valence-electron chi connectivity index (χ1n) is 7.00. The fraction of sp³-hybridized carbons (Fsp3) is 0.0625. The summed E-state index contributed by atoms with van der Waals surface area (Å²) in [7, 11) is 0. The first kappa shape index (κ1) is 16.5. The van der Waals surface area contributed by atoms with E-state index < -0.39 is 11.9 Å². The SMILES string of the molecule is Nc1cc(C(=O)Nc2ccc(-c3cc(C(F)(F)F)on3)cc2)ccn1. The van der Waals surface area contributed by atoms with Crippen molar-refractivity contribution >= 4 is 17.4 Å². The molecule has 0 saturated heterocycles. The number of carbonyl (C=O) groups excluding carboxylic acids is 1. The van der Waals surface area contributed by atoms with Crippen molar-refractivity contribution in [1.29, 1.82) is 0 Å². The summed E-state index contributed by atoms with van der Waals surface area (Å²) in [5.41, 5.74) is 6.79. The molecule has 6 nitrogen and oxygen atoms in total. The number of nitrogens with zero attached hydrogens (tertiary/aromatic N) is 2. The average molecular weight is 348 g/mol. The van der Waals surface area contributed by atoms with Crippen LogP contribution in [0.1, 0.15) is 16.1 Å². The third kappa shape index (κ3) is 3.77. The Morgan fingerprint density at radius 2 is 1.84 bits per heavy atom. The minimum absolute atomic E-state index is 0.0482. The fourth-order valence-electron chi connectivity index (χ4n) is 2.06. The summed E-state index contributed by atoms with van der Waals surface area (Å²) in [5, 5.41) is 6.05. The molecular formula is C16H11F3N4O2. The minimum atomic E-state index is -4.59. The third-order valence-corrected chi connectivity index (χ3v) is 3.27. The molecule has 9 heteroatoms. The van der Waals surface area contributed by atoms with Crippen LogP contribution in [-0.2, 0) is 6.18 Å². The summed E-state index contributed by atoms with van der Waals surface area (Å²) in [5.74, 6) is -1.34. The van der Waals surface area contributed by atoms with E-state index in [-0.39, 0.29) is 17.4 Å². The highest BCUT2D eigenvalue weighted by atomic mass is 19.4. The lowest BCUT2D eigenvalue weighted by atomic mass is 10.1. The Labute approximate surface area is 139 Å². The fourth-order valence-corrected chi connectivity index (χ4v) is 2.06. The number of anilines is 2. The van der Waals surface area contributed by atoms with Crippen LogP contribution in [0.5, 0.6) is 0 Å². The Hall–Kier alpha value is -3.36. The molecule has 3 rings (SSSR count). The van der Waals surface area contributed by atoms with E-state index in [0.29, 0.717) is 16.8 Å². The van der Waals surface area contributed by atoms with E-state index in [1.54, 1.807) is 12.1 Å². The topological polar surface area (TPSA) is 94.0 Å². The molecule has 3 N–H and O–H groups in total. The number of carbonyl (C=O) groups is 1. The van der Waals surface area contributed by atoms with Gasteiger partial charge in [0.1, 0.15) is 11.5 Å². The lowest BCUT2D eigenvalue weighted by molar-refractivity contribution is -0.155. The van der Waals surface area contributed by atoms with Gasteiger partial charge in [-0.2, -0.15) is 13.2 Å². The predicted molar refractivity (Wildman–Crippen MR) is 83.5 cm³/mol. The van der Waals surface area contributed by atoms with Crippen LogP contribution in [0.15, 0.2) is 53.2 Å². The molecular weight excluding hydrogens is 337 g/mol. The number of rotatable bonds is 3. The van der Waals surface area contributed by atoms with E-state index in [4.69, 9.17) is 5.73 Å². The van der Waals surface area contributed by atoms with Gasteiger partial charge in [0.2, 0.25) is 5.76 Å². The van der Waals surface area contributed by atoms with Crippen LogP contribution in [0.25, 0.3) is 11.3 Å². The number of hydrogen-bond donors (Lipinski definition) is 2. The van der Waals surface area contributed by atoms with Gasteiger partial charge in [-0.15, -0.1) is 0 Å². The van der Waals surface area contributed by atoms with Gasteiger partial charge in [0.15, 0.2) is 0 Å². The number of amides is 1. The summed E-state index contributed by atoms with van der Waals surface area (Å²) in [6, 6.07) is 9.88. The maximum Gasteiger partial charge on any atom is 0.452 e. The van der Waals surface area contributed by atoms with Gasteiger partial charge in [0, 0.05) is 29.1 Å². The number of halogens is 3. The van der Waals surface area contributed by atoms with Crippen LogP contribution in [0.4, 0.5) is 24.7 Å². The van der Waals surface area contributed by atoms with E-state index in [1.165, 1.54) is 30.5 Å². The van der Waals surface area contributed by atoms with E-state index in [1.807, 2.05) is 0 Å². The van der Waals surface area contributed by atoms with Gasteiger partial charge in [-0.1, -0.05) is 17.3 Å². The van der Waals surface area contributed by atoms with Gasteiger partial charge in [0.05, 0.1) is 0 Å². The summed E-state index contributed by atoms with van der Waals surface area (Å²) >= 11 is 0. The summed E-state index contributed by atoms with van der Waals surface area (Å²) in [4.78, 5) is 15.9. The molecule has 0 atom stereocenters. The Bertz CT molecular complexity index is 904. The van der Waals surface area contributed by atoms with Crippen LogP contribution in [0, 0.1) is 0 Å². The monoisotopic (exact) mass is 348 g/mol. The third-order valence-electron chi connectivity index (χ3n) is 3.27. The molecule has 25 heavy (non-hydrogen) atoms. The van der Waals surface area contributed by atoms with Gasteiger partial charge >= 0.3 is 6.18 Å². The van der Waals surface area contributed by atoms with Crippen LogP contribution in [0.3, 0.4) is 0 Å². The molecule has 3 aromatic rings. The van der Waals surface area contributed by atoms with Crippen molar-refractivity contribution < 1.29 is 22.5 Å². The average Bonchev–Trinajstić information content (AvgIpc) is 3.06. The van der Waals surface area contributed by atoms with Crippen LogP contribution in [-0.4, -0.2) is 16.0 Å². The largest absolute Gasteiger partial charge is 0.452 e. The van der Waals surface area contributed by atoms with Crippen molar-refractivity contribution in [2.45, 2.75) is 6.18 Å². The molecule has 1 aromatic carbocycles. The quantitative estimate of drug-likeness (QED) is 0.754. The Morgan fingerprint density at radius 3 is 2.44 bits per heavy atom. The number of pyridine rings is 1. The van der Waals surface area contributed by atoms with Gasteiger partial charge in [-0.05, 0) is 24.3 Å². The second-order valence-corrected chi connectivity index (χ2v) is 5.08. The van der Waals surface area contributed by atoms with Crippen molar-refractivity contribution in [3.05, 3.63) is 60.0 Å². The Kier molecular flexibility index (Phi) is 4.14. The molecule has 0 aliphatic heterocycles. The van der Waals surface area contributed by atoms with Crippen molar-refractivity contribution in [2.75, 3.05) is 11.1 Å². The molecule has 1 amide bonds. The number of nitrogens with two attached hydrogens (primary N) is 1. The zero-order valence-corrected chi connectivity index (χ0v) is 12.5. The minimum Gasteiger partial charge on any atom is -0.384 e. The Morgan fingerprint density at radius 1 is 1.12 bits per heavy atom. The molecule has 0 spiro atoms. The standard InChI is InChI=1S/C16H11F3N4O2/c17-16(18,19)13-8-12(23-25-13)9-1-3-11(4-2-9)22-15(24)10-5-6-21-14(20)7-10/h1-8H,(H2,20,21)(H,22,24). The normalized spacial score (nSPS) is 11.3. The summed E-state index contributed by atoms with van der Waals surface area (Å²) in [6.07, 6.45) is -3.18. The molecule has 0 aliphatic rings. The molecule has 0 bridgehead atoms.